The van der Waals surface area contributed by atoms with E-state index in [1.807, 2.05) is 0 Å². The predicted octanol–water partition coefficient (Wildman–Crippen LogP) is 4.06. The zero-order chi connectivity index (χ0) is 17.1. The Morgan fingerprint density at radius 1 is 1.00 bits per heavy atom. The highest BCUT2D eigenvalue weighted by Crippen LogP contribution is 2.31. The molecule has 2 rings (SSSR count). The number of nitro benzene ring substituents is 2. The van der Waals surface area contributed by atoms with Gasteiger partial charge in [0.05, 0.1) is 31.6 Å². The first-order valence-electron chi connectivity index (χ1n) is 5.99. The van der Waals surface area contributed by atoms with E-state index in [4.69, 9.17) is 23.2 Å². The van der Waals surface area contributed by atoms with Gasteiger partial charge in [-0.15, -0.1) is 0 Å². The molecule has 0 aliphatic carbocycles. The molecule has 0 saturated carbocycles. The maximum absolute atomic E-state index is 12.2. The van der Waals surface area contributed by atoms with Crippen LogP contribution in [-0.2, 0) is 0 Å². The number of carbonyl (C=O) groups excluding carboxylic acids is 1. The SMILES string of the molecule is O=C(Nc1c(Cl)cccc1Cl)c1ccc([N+](=O)[O-])cc1[N+](=O)[O-]. The molecule has 23 heavy (non-hydrogen) atoms. The van der Waals surface area contributed by atoms with Gasteiger partial charge in [0.2, 0.25) is 0 Å². The van der Waals surface area contributed by atoms with Crippen molar-refractivity contribution < 1.29 is 14.6 Å². The lowest BCUT2D eigenvalue weighted by molar-refractivity contribution is -0.394. The molecule has 0 radical (unpaired) electrons. The van der Waals surface area contributed by atoms with E-state index in [0.29, 0.717) is 6.07 Å². The molecule has 0 aliphatic rings. The van der Waals surface area contributed by atoms with Crippen LogP contribution < -0.4 is 5.32 Å². The zero-order valence-corrected chi connectivity index (χ0v) is 12.7. The third-order valence-electron chi connectivity index (χ3n) is 2.83. The molecule has 0 fully saturated rings. The van der Waals surface area contributed by atoms with Gasteiger partial charge < -0.3 is 5.32 Å². The molecule has 0 spiro atoms. The molecular formula is C13H7Cl2N3O5. The molecule has 118 valence electrons. The Kier molecular flexibility index (Phi) is 4.77. The molecule has 2 aromatic carbocycles. The fraction of sp³-hybridized carbons (Fsp3) is 0. The van der Waals surface area contributed by atoms with Crippen LogP contribution in [0.5, 0.6) is 0 Å². The molecule has 0 aromatic heterocycles. The minimum atomic E-state index is -0.879. The quantitative estimate of drug-likeness (QED) is 0.655. The first-order valence-corrected chi connectivity index (χ1v) is 6.75. The van der Waals surface area contributed by atoms with Gasteiger partial charge in [-0.2, -0.15) is 0 Å². The van der Waals surface area contributed by atoms with Gasteiger partial charge in [-0.05, 0) is 18.2 Å². The minimum absolute atomic E-state index is 0.0912. The van der Waals surface area contributed by atoms with Crippen LogP contribution in [0, 0.1) is 20.2 Å². The summed E-state index contributed by atoms with van der Waals surface area (Å²) in [7, 11) is 0. The van der Waals surface area contributed by atoms with Crippen LogP contribution in [0.15, 0.2) is 36.4 Å². The molecular weight excluding hydrogens is 349 g/mol. The topological polar surface area (TPSA) is 115 Å². The van der Waals surface area contributed by atoms with Crippen molar-refractivity contribution >= 4 is 46.2 Å². The average molecular weight is 356 g/mol. The molecule has 1 N–H and O–H groups in total. The number of anilines is 1. The second-order valence-electron chi connectivity index (χ2n) is 4.27. The van der Waals surface area contributed by atoms with E-state index < -0.39 is 27.1 Å². The maximum atomic E-state index is 12.2. The Morgan fingerprint density at radius 2 is 1.61 bits per heavy atom. The molecule has 10 heteroatoms. The molecule has 0 unspecified atom stereocenters. The summed E-state index contributed by atoms with van der Waals surface area (Å²) < 4.78 is 0. The number of nitrogens with one attached hydrogen (secondary N) is 1. The van der Waals surface area contributed by atoms with Gasteiger partial charge in [0.1, 0.15) is 5.56 Å². The summed E-state index contributed by atoms with van der Waals surface area (Å²) in [5.41, 5.74) is -1.45. The van der Waals surface area contributed by atoms with E-state index in [2.05, 4.69) is 5.32 Å². The number of nitrogens with zero attached hydrogens (tertiary/aromatic N) is 2. The summed E-state index contributed by atoms with van der Waals surface area (Å²) in [6.45, 7) is 0. The molecule has 0 heterocycles. The Hall–Kier alpha value is -2.71. The first kappa shape index (κ1) is 16.7. The lowest BCUT2D eigenvalue weighted by Crippen LogP contribution is -2.14. The van der Waals surface area contributed by atoms with Gasteiger partial charge in [0.15, 0.2) is 0 Å². The summed E-state index contributed by atoms with van der Waals surface area (Å²) in [4.78, 5) is 32.3. The molecule has 8 nitrogen and oxygen atoms in total. The fourth-order valence-electron chi connectivity index (χ4n) is 1.77. The van der Waals surface area contributed by atoms with E-state index in [9.17, 15) is 25.0 Å². The van der Waals surface area contributed by atoms with Crippen molar-refractivity contribution in [2.45, 2.75) is 0 Å². The largest absolute Gasteiger partial charge is 0.319 e. The van der Waals surface area contributed by atoms with Crippen LogP contribution in [0.25, 0.3) is 0 Å². The van der Waals surface area contributed by atoms with Crippen molar-refractivity contribution in [1.82, 2.24) is 0 Å². The number of carbonyl (C=O) groups is 1. The number of nitro groups is 2. The zero-order valence-electron chi connectivity index (χ0n) is 11.2. The van der Waals surface area contributed by atoms with Gasteiger partial charge in [-0.3, -0.25) is 25.0 Å². The monoisotopic (exact) mass is 355 g/mol. The van der Waals surface area contributed by atoms with E-state index in [1.54, 1.807) is 6.07 Å². The minimum Gasteiger partial charge on any atom is -0.319 e. The Morgan fingerprint density at radius 3 is 2.13 bits per heavy atom. The third-order valence-corrected chi connectivity index (χ3v) is 3.46. The highest BCUT2D eigenvalue weighted by atomic mass is 35.5. The number of rotatable bonds is 4. The Bertz CT molecular complexity index is 805. The third kappa shape index (κ3) is 3.55. The van der Waals surface area contributed by atoms with E-state index in [0.717, 1.165) is 12.1 Å². The number of amides is 1. The molecule has 2 aromatic rings. The predicted molar refractivity (Wildman–Crippen MR) is 84.2 cm³/mol. The van der Waals surface area contributed by atoms with E-state index in [1.165, 1.54) is 12.1 Å². The van der Waals surface area contributed by atoms with Crippen LogP contribution in [0.1, 0.15) is 10.4 Å². The molecule has 0 atom stereocenters. The smallest absolute Gasteiger partial charge is 0.289 e. The number of benzene rings is 2. The van der Waals surface area contributed by atoms with Gasteiger partial charge >= 0.3 is 0 Å². The highest BCUT2D eigenvalue weighted by molar-refractivity contribution is 6.40. The van der Waals surface area contributed by atoms with Crippen molar-refractivity contribution in [1.29, 1.82) is 0 Å². The Labute approximate surface area is 138 Å². The number of hydrogen-bond acceptors (Lipinski definition) is 5. The second kappa shape index (κ2) is 6.59. The van der Waals surface area contributed by atoms with Crippen LogP contribution in [0.2, 0.25) is 10.0 Å². The molecule has 0 saturated heterocycles. The van der Waals surface area contributed by atoms with Crippen LogP contribution >= 0.6 is 23.2 Å². The average Bonchev–Trinajstić information content (AvgIpc) is 2.50. The van der Waals surface area contributed by atoms with Crippen molar-refractivity contribution in [2.75, 3.05) is 5.32 Å². The van der Waals surface area contributed by atoms with Crippen LogP contribution in [0.4, 0.5) is 17.1 Å². The van der Waals surface area contributed by atoms with Crippen molar-refractivity contribution in [3.63, 3.8) is 0 Å². The van der Waals surface area contributed by atoms with Crippen LogP contribution in [-0.4, -0.2) is 15.8 Å². The first-order chi connectivity index (χ1) is 10.8. The van der Waals surface area contributed by atoms with E-state index in [-0.39, 0.29) is 21.3 Å². The highest BCUT2D eigenvalue weighted by Gasteiger charge is 2.25. The summed E-state index contributed by atoms with van der Waals surface area (Å²) in [6.07, 6.45) is 0. The van der Waals surface area contributed by atoms with Gasteiger partial charge in [0, 0.05) is 6.07 Å². The van der Waals surface area contributed by atoms with E-state index >= 15 is 0 Å². The van der Waals surface area contributed by atoms with Crippen molar-refractivity contribution in [3.05, 3.63) is 72.2 Å². The van der Waals surface area contributed by atoms with Crippen molar-refractivity contribution in [3.8, 4) is 0 Å². The number of non-ortho nitro benzene ring substituents is 1. The summed E-state index contributed by atoms with van der Waals surface area (Å²) in [6, 6.07) is 7.23. The second-order valence-corrected chi connectivity index (χ2v) is 5.08. The van der Waals surface area contributed by atoms with Gasteiger partial charge in [0.25, 0.3) is 17.3 Å². The fourth-order valence-corrected chi connectivity index (χ4v) is 2.27. The molecule has 0 bridgehead atoms. The van der Waals surface area contributed by atoms with Crippen molar-refractivity contribution in [2.24, 2.45) is 0 Å². The lowest BCUT2D eigenvalue weighted by Gasteiger charge is -2.09. The number of halogens is 2. The number of para-hydroxylation sites is 1. The lowest BCUT2D eigenvalue weighted by atomic mass is 10.1. The molecule has 0 aliphatic heterocycles. The standard InChI is InChI=1S/C13H7Cl2N3O5/c14-9-2-1-3-10(15)12(9)16-13(19)8-5-4-7(17(20)21)6-11(8)18(22)23/h1-6H,(H,16,19). The maximum Gasteiger partial charge on any atom is 0.289 e. The van der Waals surface area contributed by atoms with Gasteiger partial charge in [-0.1, -0.05) is 29.3 Å². The normalized spacial score (nSPS) is 10.2. The summed E-state index contributed by atoms with van der Waals surface area (Å²) in [5, 5.41) is 24.4. The summed E-state index contributed by atoms with van der Waals surface area (Å²) in [5.74, 6) is -0.860. The molecule has 1 amide bonds. The number of hydrogen-bond donors (Lipinski definition) is 1. The summed E-state index contributed by atoms with van der Waals surface area (Å²) >= 11 is 11.8. The van der Waals surface area contributed by atoms with Crippen LogP contribution in [0.3, 0.4) is 0 Å². The van der Waals surface area contributed by atoms with Gasteiger partial charge in [-0.25, -0.2) is 0 Å². The Balaban J connectivity index is 2.43.